The number of aromatic carboxylic acids is 1. The fourth-order valence-corrected chi connectivity index (χ4v) is 3.30. The largest absolute Gasteiger partial charge is 0.476 e. The number of hydrogen-bond acceptors (Lipinski definition) is 4. The molecular formula is C13H18N2O3S. The smallest absolute Gasteiger partial charge is 0.355 e. The molecule has 1 heterocycles. The number of carbonyl (C=O) groups excluding carboxylic acids is 1. The number of hydrogen-bond donors (Lipinski definition) is 2. The fourth-order valence-electron chi connectivity index (χ4n) is 2.59. The van der Waals surface area contributed by atoms with E-state index in [2.05, 4.69) is 38.0 Å². The molecule has 0 aromatic carbocycles. The maximum absolute atomic E-state index is 11.9. The number of rotatable bonds is 4. The van der Waals surface area contributed by atoms with Crippen molar-refractivity contribution in [2.24, 2.45) is 16.7 Å². The van der Waals surface area contributed by atoms with E-state index in [1.54, 1.807) is 0 Å². The Bertz CT molecular complexity index is 520. The molecule has 1 aromatic heterocycles. The lowest BCUT2D eigenvalue weighted by Crippen LogP contribution is -2.27. The molecule has 0 unspecified atom stereocenters. The molecule has 0 atom stereocenters. The molecule has 2 N–H and O–H groups in total. The first-order valence-corrected chi connectivity index (χ1v) is 7.03. The van der Waals surface area contributed by atoms with E-state index >= 15 is 0 Å². The summed E-state index contributed by atoms with van der Waals surface area (Å²) in [6.45, 7) is 9.36. The normalized spacial score (nSPS) is 20.0. The van der Waals surface area contributed by atoms with Crippen LogP contribution in [0.25, 0.3) is 0 Å². The molecule has 5 nitrogen and oxygen atoms in total. The van der Waals surface area contributed by atoms with Gasteiger partial charge in [0.25, 0.3) is 5.91 Å². The Balaban J connectivity index is 1.94. The predicted octanol–water partition coefficient (Wildman–Crippen LogP) is 2.25. The van der Waals surface area contributed by atoms with Crippen molar-refractivity contribution in [1.82, 2.24) is 10.3 Å². The molecule has 0 spiro atoms. The van der Waals surface area contributed by atoms with Gasteiger partial charge >= 0.3 is 5.97 Å². The fraction of sp³-hybridized carbons (Fsp3) is 0.615. The first-order chi connectivity index (χ1) is 8.68. The molecule has 1 fully saturated rings. The van der Waals surface area contributed by atoms with Crippen LogP contribution >= 0.6 is 11.3 Å². The summed E-state index contributed by atoms with van der Waals surface area (Å²) in [6.07, 6.45) is 0. The van der Waals surface area contributed by atoms with Gasteiger partial charge in [0.1, 0.15) is 0 Å². The first kappa shape index (κ1) is 14.0. The lowest BCUT2D eigenvalue weighted by Gasteiger charge is -2.04. The van der Waals surface area contributed by atoms with Gasteiger partial charge in [-0.2, -0.15) is 0 Å². The van der Waals surface area contributed by atoms with E-state index in [4.69, 9.17) is 5.11 Å². The van der Waals surface area contributed by atoms with Crippen molar-refractivity contribution in [1.29, 1.82) is 0 Å². The van der Waals surface area contributed by atoms with Gasteiger partial charge in [-0.1, -0.05) is 27.7 Å². The lowest BCUT2D eigenvalue weighted by molar-refractivity contribution is 0.0691. The highest BCUT2D eigenvalue weighted by atomic mass is 32.1. The summed E-state index contributed by atoms with van der Waals surface area (Å²) < 4.78 is 0. The van der Waals surface area contributed by atoms with Gasteiger partial charge in [0.15, 0.2) is 10.7 Å². The van der Waals surface area contributed by atoms with Gasteiger partial charge in [-0.15, -0.1) is 11.3 Å². The van der Waals surface area contributed by atoms with Crippen LogP contribution in [0.1, 0.15) is 48.0 Å². The van der Waals surface area contributed by atoms with Crippen LogP contribution in [0.4, 0.5) is 0 Å². The topological polar surface area (TPSA) is 79.3 Å². The van der Waals surface area contributed by atoms with Crippen LogP contribution in [-0.4, -0.2) is 28.5 Å². The average molecular weight is 282 g/mol. The molecule has 0 radical (unpaired) electrons. The molecule has 0 bridgehead atoms. The summed E-state index contributed by atoms with van der Waals surface area (Å²) in [5, 5.41) is 13.2. The third kappa shape index (κ3) is 2.25. The molecule has 1 aliphatic carbocycles. The molecule has 2 rings (SSSR count). The highest BCUT2D eigenvalue weighted by Gasteiger charge is 2.64. The third-order valence-electron chi connectivity index (χ3n) is 4.70. The Hall–Kier alpha value is -1.43. The van der Waals surface area contributed by atoms with Crippen molar-refractivity contribution in [3.05, 3.63) is 16.1 Å². The van der Waals surface area contributed by atoms with Crippen LogP contribution in [-0.2, 0) is 0 Å². The van der Waals surface area contributed by atoms with E-state index in [0.29, 0.717) is 12.5 Å². The Morgan fingerprint density at radius 3 is 2.37 bits per heavy atom. The van der Waals surface area contributed by atoms with E-state index < -0.39 is 5.97 Å². The van der Waals surface area contributed by atoms with E-state index in [0.717, 1.165) is 11.3 Å². The minimum absolute atomic E-state index is 0.0813. The summed E-state index contributed by atoms with van der Waals surface area (Å²) in [4.78, 5) is 26.4. The van der Waals surface area contributed by atoms with E-state index in [1.165, 1.54) is 5.38 Å². The first-order valence-electron chi connectivity index (χ1n) is 6.15. The van der Waals surface area contributed by atoms with Crippen LogP contribution in [0, 0.1) is 16.7 Å². The van der Waals surface area contributed by atoms with Crippen molar-refractivity contribution in [3.8, 4) is 0 Å². The van der Waals surface area contributed by atoms with Crippen LogP contribution in [0.2, 0.25) is 0 Å². The number of carboxylic acids is 1. The second kappa shape index (κ2) is 4.30. The van der Waals surface area contributed by atoms with Gasteiger partial charge in [-0.05, 0) is 16.7 Å². The SMILES string of the molecule is CC1(C)C(CNC(=O)c2nc(C(=O)O)cs2)C1(C)C. The molecule has 104 valence electrons. The second-order valence-corrected chi connectivity index (χ2v) is 6.91. The van der Waals surface area contributed by atoms with Crippen LogP contribution < -0.4 is 5.32 Å². The van der Waals surface area contributed by atoms with E-state index in [9.17, 15) is 9.59 Å². The summed E-state index contributed by atoms with van der Waals surface area (Å²) >= 11 is 1.05. The number of thiazole rings is 1. The van der Waals surface area contributed by atoms with Gasteiger partial charge in [0, 0.05) is 11.9 Å². The molecular weight excluding hydrogens is 264 g/mol. The van der Waals surface area contributed by atoms with E-state index in [1.807, 2.05) is 0 Å². The quantitative estimate of drug-likeness (QED) is 0.887. The molecule has 1 amide bonds. The highest BCUT2D eigenvalue weighted by molar-refractivity contribution is 7.11. The average Bonchev–Trinajstić information content (AvgIpc) is 2.72. The number of nitrogens with one attached hydrogen (secondary N) is 1. The number of nitrogens with zero attached hydrogens (tertiary/aromatic N) is 1. The van der Waals surface area contributed by atoms with Crippen molar-refractivity contribution < 1.29 is 14.7 Å². The Labute approximate surface area is 116 Å². The minimum Gasteiger partial charge on any atom is -0.476 e. The van der Waals surface area contributed by atoms with Gasteiger partial charge < -0.3 is 10.4 Å². The molecule has 6 heteroatoms. The maximum atomic E-state index is 11.9. The summed E-state index contributed by atoms with van der Waals surface area (Å²) in [5.74, 6) is -0.974. The Morgan fingerprint density at radius 2 is 1.95 bits per heavy atom. The highest BCUT2D eigenvalue weighted by Crippen LogP contribution is 2.67. The summed E-state index contributed by atoms with van der Waals surface area (Å²) in [6, 6.07) is 0. The predicted molar refractivity (Wildman–Crippen MR) is 72.5 cm³/mol. The monoisotopic (exact) mass is 282 g/mol. The number of carbonyl (C=O) groups is 2. The zero-order valence-electron chi connectivity index (χ0n) is 11.5. The third-order valence-corrected chi connectivity index (χ3v) is 5.55. The number of amides is 1. The van der Waals surface area contributed by atoms with Crippen molar-refractivity contribution >= 4 is 23.2 Å². The van der Waals surface area contributed by atoms with Gasteiger partial charge in [0.2, 0.25) is 0 Å². The van der Waals surface area contributed by atoms with Gasteiger partial charge in [-0.25, -0.2) is 9.78 Å². The lowest BCUT2D eigenvalue weighted by atomic mass is 10.0. The number of carboxylic acid groups (broad SMARTS) is 1. The second-order valence-electron chi connectivity index (χ2n) is 6.05. The van der Waals surface area contributed by atoms with Crippen molar-refractivity contribution in [2.45, 2.75) is 27.7 Å². The maximum Gasteiger partial charge on any atom is 0.355 e. The number of aromatic nitrogens is 1. The van der Waals surface area contributed by atoms with Crippen molar-refractivity contribution in [2.75, 3.05) is 6.54 Å². The van der Waals surface area contributed by atoms with E-state index in [-0.39, 0.29) is 27.4 Å². The molecule has 0 aliphatic heterocycles. The van der Waals surface area contributed by atoms with Crippen LogP contribution in [0.15, 0.2) is 5.38 Å². The van der Waals surface area contributed by atoms with Crippen LogP contribution in [0.3, 0.4) is 0 Å². The Kier molecular flexibility index (Phi) is 3.16. The molecule has 1 saturated carbocycles. The summed E-state index contributed by atoms with van der Waals surface area (Å²) in [5.41, 5.74) is 0.354. The molecule has 19 heavy (non-hydrogen) atoms. The van der Waals surface area contributed by atoms with Gasteiger partial charge in [-0.3, -0.25) is 4.79 Å². The van der Waals surface area contributed by atoms with Crippen LogP contribution in [0.5, 0.6) is 0 Å². The van der Waals surface area contributed by atoms with Gasteiger partial charge in [0.05, 0.1) is 0 Å². The zero-order chi connectivity index (χ0) is 14.4. The molecule has 1 aromatic rings. The molecule has 0 saturated heterocycles. The standard InChI is InChI=1S/C13H18N2O3S/c1-12(2)8(13(12,3)4)5-14-9(16)10-15-7(6-19-10)11(17)18/h6,8H,5H2,1-4H3,(H,14,16)(H,17,18). The minimum atomic E-state index is -1.11. The zero-order valence-corrected chi connectivity index (χ0v) is 12.3. The summed E-state index contributed by atoms with van der Waals surface area (Å²) in [7, 11) is 0. The Morgan fingerprint density at radius 1 is 1.37 bits per heavy atom. The van der Waals surface area contributed by atoms with Crippen molar-refractivity contribution in [3.63, 3.8) is 0 Å². The molecule has 1 aliphatic rings.